The van der Waals surface area contributed by atoms with Crippen LogP contribution in [0.5, 0.6) is 0 Å². The molecule has 6 heteroatoms. The summed E-state index contributed by atoms with van der Waals surface area (Å²) < 4.78 is 18.0. The van der Waals surface area contributed by atoms with Crippen LogP contribution in [0.1, 0.15) is 97.3 Å². The SMILES string of the molecule is COC1=C(C)C(=O)OC1=C1OC2=CC3(CCCCC3)CN3C(C(O)CC4CCCC4)CCCC3C2C1C. The summed E-state index contributed by atoms with van der Waals surface area (Å²) in [5.74, 6) is 3.36. The summed E-state index contributed by atoms with van der Waals surface area (Å²) in [6, 6.07) is 0.543. The topological polar surface area (TPSA) is 68.2 Å². The van der Waals surface area contributed by atoms with E-state index in [1.807, 2.05) is 0 Å². The van der Waals surface area contributed by atoms with Crippen molar-refractivity contribution in [3.8, 4) is 0 Å². The van der Waals surface area contributed by atoms with E-state index in [1.165, 1.54) is 57.8 Å². The molecule has 0 bridgehead atoms. The number of hydrogen-bond acceptors (Lipinski definition) is 6. The largest absolute Gasteiger partial charge is 0.492 e. The maximum absolute atomic E-state index is 12.4. The molecule has 4 fully saturated rings. The van der Waals surface area contributed by atoms with Gasteiger partial charge in [0.1, 0.15) is 5.76 Å². The number of allylic oxidation sites excluding steroid dienone is 1. The first kappa shape index (κ1) is 25.5. The molecule has 4 aliphatic heterocycles. The lowest BCUT2D eigenvalue weighted by molar-refractivity contribution is -0.133. The number of ether oxygens (including phenoxy) is 3. The van der Waals surface area contributed by atoms with Crippen LogP contribution in [0.2, 0.25) is 0 Å². The van der Waals surface area contributed by atoms with E-state index in [2.05, 4.69) is 17.9 Å². The van der Waals surface area contributed by atoms with Gasteiger partial charge in [0, 0.05) is 35.9 Å². The quantitative estimate of drug-likeness (QED) is 0.469. The summed E-state index contributed by atoms with van der Waals surface area (Å²) in [6.07, 6.45) is 17.9. The van der Waals surface area contributed by atoms with Crippen LogP contribution < -0.4 is 0 Å². The average molecular weight is 512 g/mol. The molecular formula is C31H45NO5. The van der Waals surface area contributed by atoms with Crippen molar-refractivity contribution in [2.75, 3.05) is 13.7 Å². The molecule has 1 spiro atoms. The van der Waals surface area contributed by atoms with Gasteiger partial charge in [-0.05, 0) is 51.0 Å². The van der Waals surface area contributed by atoms with Crippen molar-refractivity contribution in [3.63, 3.8) is 0 Å². The lowest BCUT2D eigenvalue weighted by atomic mass is 9.73. The Bertz CT molecular complexity index is 999. The van der Waals surface area contributed by atoms with Crippen LogP contribution in [-0.4, -0.2) is 47.8 Å². The summed E-state index contributed by atoms with van der Waals surface area (Å²) in [5, 5.41) is 11.6. The average Bonchev–Trinajstić information content (AvgIpc) is 3.56. The highest BCUT2D eigenvalue weighted by Crippen LogP contribution is 2.54. The third kappa shape index (κ3) is 4.46. The van der Waals surface area contributed by atoms with Crippen LogP contribution in [0.4, 0.5) is 0 Å². The van der Waals surface area contributed by atoms with Gasteiger partial charge < -0.3 is 19.3 Å². The molecule has 0 aromatic carbocycles. The Morgan fingerprint density at radius 2 is 1.84 bits per heavy atom. The highest BCUT2D eigenvalue weighted by atomic mass is 16.6. The molecule has 2 saturated heterocycles. The number of nitrogens with zero attached hydrogens (tertiary/aromatic N) is 1. The minimum atomic E-state index is -0.352. The van der Waals surface area contributed by atoms with Crippen molar-refractivity contribution in [2.24, 2.45) is 23.2 Å². The summed E-state index contributed by atoms with van der Waals surface area (Å²) in [6.45, 7) is 5.00. The molecule has 2 saturated carbocycles. The normalized spacial score (nSPS) is 37.1. The second-order valence-electron chi connectivity index (χ2n) is 12.8. The molecule has 0 aromatic heterocycles. The Kier molecular flexibility index (Phi) is 6.94. The van der Waals surface area contributed by atoms with Crippen molar-refractivity contribution < 1.29 is 24.1 Å². The van der Waals surface area contributed by atoms with Crippen LogP contribution in [-0.2, 0) is 19.0 Å². The van der Waals surface area contributed by atoms with E-state index in [0.717, 1.165) is 43.7 Å². The number of fused-ring (bicyclic) bond motifs is 3. The predicted molar refractivity (Wildman–Crippen MR) is 141 cm³/mol. The molecule has 5 atom stereocenters. The maximum atomic E-state index is 12.4. The second-order valence-corrected chi connectivity index (χ2v) is 12.8. The van der Waals surface area contributed by atoms with Gasteiger partial charge in [0.05, 0.1) is 18.8 Å². The molecule has 6 nitrogen and oxygen atoms in total. The molecule has 1 N–H and O–H groups in total. The van der Waals surface area contributed by atoms with Crippen molar-refractivity contribution in [2.45, 2.75) is 116 Å². The Balaban J connectivity index is 1.37. The van der Waals surface area contributed by atoms with E-state index in [1.54, 1.807) is 14.0 Å². The van der Waals surface area contributed by atoms with Gasteiger partial charge in [-0.2, -0.15) is 0 Å². The van der Waals surface area contributed by atoms with Crippen molar-refractivity contribution >= 4 is 5.97 Å². The highest BCUT2D eigenvalue weighted by molar-refractivity contribution is 5.93. The first-order valence-corrected chi connectivity index (χ1v) is 15.0. The zero-order valence-electron chi connectivity index (χ0n) is 23.0. The fourth-order valence-corrected chi connectivity index (χ4v) is 8.65. The van der Waals surface area contributed by atoms with Crippen molar-refractivity contribution in [1.82, 2.24) is 4.90 Å². The van der Waals surface area contributed by atoms with E-state index < -0.39 is 0 Å². The number of aliphatic hydroxyl groups is 1. The van der Waals surface area contributed by atoms with Gasteiger partial charge in [0.15, 0.2) is 11.5 Å². The Morgan fingerprint density at radius 1 is 1.08 bits per heavy atom. The van der Waals surface area contributed by atoms with Gasteiger partial charge in [-0.25, -0.2) is 4.79 Å². The van der Waals surface area contributed by atoms with Crippen LogP contribution in [0.3, 0.4) is 0 Å². The van der Waals surface area contributed by atoms with E-state index in [9.17, 15) is 9.90 Å². The van der Waals surface area contributed by atoms with Crippen molar-refractivity contribution in [1.29, 1.82) is 0 Å². The van der Waals surface area contributed by atoms with Gasteiger partial charge in [0.2, 0.25) is 5.76 Å². The molecule has 0 aromatic rings. The highest BCUT2D eigenvalue weighted by Gasteiger charge is 2.53. The van der Waals surface area contributed by atoms with E-state index in [4.69, 9.17) is 14.2 Å². The summed E-state index contributed by atoms with van der Waals surface area (Å²) in [5.41, 5.74) is 0.589. The number of methoxy groups -OCH3 is 1. The number of carbonyl (C=O) groups excluding carboxylic acids is 1. The van der Waals surface area contributed by atoms with E-state index in [-0.39, 0.29) is 35.4 Å². The van der Waals surface area contributed by atoms with Gasteiger partial charge in [-0.15, -0.1) is 0 Å². The minimum absolute atomic E-state index is 0.0714. The molecule has 6 aliphatic rings. The fraction of sp³-hybridized carbons (Fsp3) is 0.774. The number of aliphatic hydroxyl groups excluding tert-OH is 1. The number of esters is 1. The minimum Gasteiger partial charge on any atom is -0.492 e. The monoisotopic (exact) mass is 511 g/mol. The van der Waals surface area contributed by atoms with E-state index in [0.29, 0.717) is 29.1 Å². The maximum Gasteiger partial charge on any atom is 0.343 e. The molecule has 204 valence electrons. The first-order chi connectivity index (χ1) is 17.9. The zero-order valence-corrected chi connectivity index (χ0v) is 23.0. The third-order valence-corrected chi connectivity index (χ3v) is 10.5. The zero-order chi connectivity index (χ0) is 25.7. The van der Waals surface area contributed by atoms with Crippen LogP contribution in [0, 0.1) is 23.2 Å². The molecule has 6 rings (SSSR count). The summed E-state index contributed by atoms with van der Waals surface area (Å²) in [4.78, 5) is 15.1. The van der Waals surface area contributed by atoms with Gasteiger partial charge in [-0.3, -0.25) is 4.90 Å². The second kappa shape index (κ2) is 10.1. The standard InChI is InChI=1S/C31H45NO5/c1-19-26-23-13-9-12-22(24(33)16-21-10-5-6-11-21)32(23)18-31(14-7-4-8-15-31)17-25(26)36-28(19)29-27(35-3)20(2)30(34)37-29/h17,19,21-24,26,33H,4-16,18H2,1-3H3. The van der Waals surface area contributed by atoms with Gasteiger partial charge >= 0.3 is 5.97 Å². The number of cyclic esters (lactones) is 1. The lowest BCUT2D eigenvalue weighted by Gasteiger charge is -2.49. The molecule has 0 radical (unpaired) electrons. The van der Waals surface area contributed by atoms with Crippen LogP contribution >= 0.6 is 0 Å². The van der Waals surface area contributed by atoms with Gasteiger partial charge in [-0.1, -0.05) is 58.3 Å². The molecule has 5 unspecified atom stereocenters. The molecule has 0 amide bonds. The van der Waals surface area contributed by atoms with Crippen LogP contribution in [0.15, 0.2) is 34.7 Å². The third-order valence-electron chi connectivity index (χ3n) is 10.5. The fourth-order valence-electron chi connectivity index (χ4n) is 8.65. The summed E-state index contributed by atoms with van der Waals surface area (Å²) in [7, 11) is 1.59. The Morgan fingerprint density at radius 3 is 2.57 bits per heavy atom. The Labute approximate surface area is 222 Å². The number of piperidine rings is 1. The predicted octanol–water partition coefficient (Wildman–Crippen LogP) is 5.97. The van der Waals surface area contributed by atoms with E-state index >= 15 is 0 Å². The number of carbonyl (C=O) groups is 1. The molecular weight excluding hydrogens is 466 g/mol. The lowest BCUT2D eigenvalue weighted by Crippen LogP contribution is -2.57. The number of rotatable bonds is 4. The van der Waals surface area contributed by atoms with Crippen molar-refractivity contribution in [3.05, 3.63) is 34.7 Å². The number of hydrogen-bond donors (Lipinski definition) is 1. The Hall–Kier alpha value is -1.79. The molecule has 37 heavy (non-hydrogen) atoms. The first-order valence-electron chi connectivity index (χ1n) is 15.0. The van der Waals surface area contributed by atoms with Crippen LogP contribution in [0.25, 0.3) is 0 Å². The molecule has 4 heterocycles. The van der Waals surface area contributed by atoms with Gasteiger partial charge in [0.25, 0.3) is 0 Å². The molecule has 2 aliphatic carbocycles. The smallest absolute Gasteiger partial charge is 0.343 e. The summed E-state index contributed by atoms with van der Waals surface area (Å²) >= 11 is 0.